The second-order valence-corrected chi connectivity index (χ2v) is 11.9. The van der Waals surface area contributed by atoms with E-state index in [1.165, 1.54) is 51.6 Å². The Kier molecular flexibility index (Phi) is 4.62. The van der Waals surface area contributed by atoms with Gasteiger partial charge < -0.3 is 5.32 Å². The Balaban J connectivity index is 1.73. The molecule has 0 aromatic carbocycles. The monoisotopic (exact) mass is 359 g/mol. The molecule has 150 valence electrons. The second-order valence-electron chi connectivity index (χ2n) is 11.9. The first kappa shape index (κ1) is 19.3. The summed E-state index contributed by atoms with van der Waals surface area (Å²) in [7, 11) is 0. The first-order valence-electron chi connectivity index (χ1n) is 11.9. The Morgan fingerprint density at radius 1 is 1.08 bits per heavy atom. The molecule has 0 spiro atoms. The minimum absolute atomic E-state index is 0.508. The number of hydrogen-bond acceptors (Lipinski definition) is 1. The molecule has 1 heteroatoms. The molecule has 3 aliphatic carbocycles. The van der Waals surface area contributed by atoms with E-state index in [-0.39, 0.29) is 0 Å². The lowest BCUT2D eigenvalue weighted by atomic mass is 9.38. The van der Waals surface area contributed by atoms with Crippen molar-refractivity contribution >= 4 is 0 Å². The molecule has 1 N–H and O–H groups in total. The van der Waals surface area contributed by atoms with Crippen molar-refractivity contribution in [3.63, 3.8) is 0 Å². The zero-order valence-corrected chi connectivity index (χ0v) is 18.7. The Hall–Kier alpha value is -0.0400. The second kappa shape index (κ2) is 6.23. The molecule has 3 saturated carbocycles. The summed E-state index contributed by atoms with van der Waals surface area (Å²) in [5, 5.41) is 3.76. The maximum absolute atomic E-state index is 3.76. The molecule has 4 fully saturated rings. The fourth-order valence-corrected chi connectivity index (χ4v) is 9.33. The summed E-state index contributed by atoms with van der Waals surface area (Å²) >= 11 is 0. The lowest BCUT2D eigenvalue weighted by molar-refractivity contribution is -0.186. The maximum Gasteiger partial charge on any atom is 0.00106 e. The van der Waals surface area contributed by atoms with Crippen LogP contribution in [-0.2, 0) is 0 Å². The highest BCUT2D eigenvalue weighted by molar-refractivity contribution is 5.15. The summed E-state index contributed by atoms with van der Waals surface area (Å²) in [5.41, 5.74) is 1.66. The van der Waals surface area contributed by atoms with Crippen LogP contribution in [0.2, 0.25) is 0 Å². The highest BCUT2D eigenvalue weighted by Crippen LogP contribution is 2.72. The minimum atomic E-state index is 0.508. The molecule has 1 nitrogen and oxygen atoms in total. The summed E-state index contributed by atoms with van der Waals surface area (Å²) in [6, 6.07) is 0. The first-order chi connectivity index (χ1) is 12.2. The smallest absolute Gasteiger partial charge is 0.00106 e. The molecule has 4 rings (SSSR count). The normalized spacial score (nSPS) is 57.8. The zero-order chi connectivity index (χ0) is 18.9. The molecule has 10 atom stereocenters. The molecule has 0 amide bonds. The van der Waals surface area contributed by atoms with Crippen LogP contribution in [0.3, 0.4) is 0 Å². The van der Waals surface area contributed by atoms with Crippen LogP contribution in [-0.4, -0.2) is 13.1 Å². The van der Waals surface area contributed by atoms with Crippen molar-refractivity contribution in [2.75, 3.05) is 13.1 Å². The molecule has 4 aliphatic rings. The van der Waals surface area contributed by atoms with E-state index >= 15 is 0 Å². The number of nitrogens with one attached hydrogen (secondary N) is 1. The molecular formula is C25H45N. The third-order valence-electron chi connectivity index (χ3n) is 11.3. The van der Waals surface area contributed by atoms with Crippen LogP contribution in [0.25, 0.3) is 0 Å². The van der Waals surface area contributed by atoms with Crippen molar-refractivity contribution in [1.29, 1.82) is 0 Å². The van der Waals surface area contributed by atoms with Crippen molar-refractivity contribution in [3.8, 4) is 0 Å². The maximum atomic E-state index is 3.76. The Bertz CT molecular complexity index is 542. The SMILES string of the molecule is CCC(C)C1CCC2C3C(C)CC4(C)CNCCC4(C)C3CC(C)C12C. The van der Waals surface area contributed by atoms with E-state index in [1.54, 1.807) is 0 Å². The average molecular weight is 360 g/mol. The molecule has 0 aromatic heterocycles. The van der Waals surface area contributed by atoms with Gasteiger partial charge in [-0.25, -0.2) is 0 Å². The van der Waals surface area contributed by atoms with E-state index in [9.17, 15) is 0 Å². The highest BCUT2D eigenvalue weighted by atomic mass is 14.9. The van der Waals surface area contributed by atoms with E-state index in [2.05, 4.69) is 53.8 Å². The largest absolute Gasteiger partial charge is 0.316 e. The van der Waals surface area contributed by atoms with E-state index in [0.29, 0.717) is 16.2 Å². The molecule has 26 heavy (non-hydrogen) atoms. The molecule has 0 bridgehead atoms. The van der Waals surface area contributed by atoms with E-state index in [1.807, 2.05) is 0 Å². The number of hydrogen-bond donors (Lipinski definition) is 1. The summed E-state index contributed by atoms with van der Waals surface area (Å²) < 4.78 is 0. The Morgan fingerprint density at radius 3 is 2.50 bits per heavy atom. The standard InChI is InChI=1S/C25H45N/c1-8-16(2)19-9-10-20-22-17(3)14-23(5)15-26-12-11-24(23,6)21(22)13-18(4)25(19,20)7/h16-22,26H,8-15H2,1-7H3. The lowest BCUT2D eigenvalue weighted by Gasteiger charge is -2.68. The number of rotatable bonds is 2. The molecular weight excluding hydrogens is 314 g/mol. The molecule has 1 heterocycles. The van der Waals surface area contributed by atoms with Gasteiger partial charge in [-0.15, -0.1) is 0 Å². The van der Waals surface area contributed by atoms with Gasteiger partial charge in [-0.1, -0.05) is 54.9 Å². The van der Waals surface area contributed by atoms with Gasteiger partial charge >= 0.3 is 0 Å². The van der Waals surface area contributed by atoms with Crippen LogP contribution >= 0.6 is 0 Å². The Labute approximate surface area is 163 Å². The van der Waals surface area contributed by atoms with Crippen molar-refractivity contribution in [2.45, 2.75) is 87.0 Å². The third-order valence-corrected chi connectivity index (χ3v) is 11.3. The first-order valence-corrected chi connectivity index (χ1v) is 11.9. The quantitative estimate of drug-likeness (QED) is 0.603. The molecule has 0 radical (unpaired) electrons. The van der Waals surface area contributed by atoms with Crippen LogP contribution in [0, 0.1) is 57.7 Å². The van der Waals surface area contributed by atoms with Crippen molar-refractivity contribution < 1.29 is 0 Å². The van der Waals surface area contributed by atoms with Crippen LogP contribution in [0.4, 0.5) is 0 Å². The van der Waals surface area contributed by atoms with Crippen LogP contribution in [0.15, 0.2) is 0 Å². The van der Waals surface area contributed by atoms with Gasteiger partial charge in [0, 0.05) is 6.54 Å². The van der Waals surface area contributed by atoms with Crippen LogP contribution in [0.5, 0.6) is 0 Å². The summed E-state index contributed by atoms with van der Waals surface area (Å²) in [6.45, 7) is 20.8. The van der Waals surface area contributed by atoms with Crippen LogP contribution < -0.4 is 5.32 Å². The van der Waals surface area contributed by atoms with Gasteiger partial charge in [-0.05, 0) is 96.3 Å². The number of piperidine rings is 1. The van der Waals surface area contributed by atoms with E-state index in [0.717, 1.165) is 41.4 Å². The van der Waals surface area contributed by atoms with Crippen LogP contribution in [0.1, 0.15) is 87.0 Å². The third kappa shape index (κ3) is 2.31. The average Bonchev–Trinajstić information content (AvgIpc) is 2.95. The van der Waals surface area contributed by atoms with Gasteiger partial charge in [0.25, 0.3) is 0 Å². The van der Waals surface area contributed by atoms with Gasteiger partial charge in [0.2, 0.25) is 0 Å². The molecule has 1 aliphatic heterocycles. The predicted molar refractivity (Wildman–Crippen MR) is 112 cm³/mol. The summed E-state index contributed by atoms with van der Waals surface area (Å²) in [4.78, 5) is 0. The minimum Gasteiger partial charge on any atom is -0.316 e. The highest BCUT2D eigenvalue weighted by Gasteiger charge is 2.66. The van der Waals surface area contributed by atoms with Crippen molar-refractivity contribution in [1.82, 2.24) is 5.32 Å². The summed E-state index contributed by atoms with van der Waals surface area (Å²) in [5.74, 6) is 6.62. The van der Waals surface area contributed by atoms with Gasteiger partial charge in [0.15, 0.2) is 0 Å². The van der Waals surface area contributed by atoms with Crippen molar-refractivity contribution in [2.24, 2.45) is 57.7 Å². The summed E-state index contributed by atoms with van der Waals surface area (Å²) in [6.07, 6.45) is 8.75. The predicted octanol–water partition coefficient (Wildman–Crippen LogP) is 6.38. The molecule has 1 saturated heterocycles. The molecule has 0 aromatic rings. The van der Waals surface area contributed by atoms with Gasteiger partial charge in [0.1, 0.15) is 0 Å². The van der Waals surface area contributed by atoms with E-state index < -0.39 is 0 Å². The number of fused-ring (bicyclic) bond motifs is 5. The fraction of sp³-hybridized carbons (Fsp3) is 1.00. The van der Waals surface area contributed by atoms with E-state index in [4.69, 9.17) is 0 Å². The molecule has 10 unspecified atom stereocenters. The zero-order valence-electron chi connectivity index (χ0n) is 18.7. The van der Waals surface area contributed by atoms with Crippen molar-refractivity contribution in [3.05, 3.63) is 0 Å². The van der Waals surface area contributed by atoms with Gasteiger partial charge in [-0.3, -0.25) is 0 Å². The Morgan fingerprint density at radius 2 is 1.81 bits per heavy atom. The fourth-order valence-electron chi connectivity index (χ4n) is 9.33. The lowest BCUT2D eigenvalue weighted by Crippen LogP contribution is -2.64. The topological polar surface area (TPSA) is 12.0 Å². The van der Waals surface area contributed by atoms with Gasteiger partial charge in [-0.2, -0.15) is 0 Å². The van der Waals surface area contributed by atoms with Gasteiger partial charge in [0.05, 0.1) is 0 Å².